The van der Waals surface area contributed by atoms with Gasteiger partial charge in [0.15, 0.2) is 0 Å². The molecule has 0 aromatic carbocycles. The number of hydrogen-bond donors (Lipinski definition) is 1. The second-order valence-electron chi connectivity index (χ2n) is 1.88. The van der Waals surface area contributed by atoms with E-state index in [1.54, 1.807) is 0 Å². The Hall–Kier alpha value is 0.0249. The van der Waals surface area contributed by atoms with Crippen molar-refractivity contribution in [1.82, 2.24) is 0 Å². The third-order valence-electron chi connectivity index (χ3n) is 1.17. The van der Waals surface area contributed by atoms with Crippen molar-refractivity contribution in [1.29, 1.82) is 0 Å². The largest absolute Gasteiger partial charge is 0.328 e. The van der Waals surface area contributed by atoms with E-state index in [2.05, 4.69) is 7.85 Å². The summed E-state index contributed by atoms with van der Waals surface area (Å²) in [6, 6.07) is 0.551. The average Bonchev–Trinajstić information content (AvgIpc) is 1.79. The van der Waals surface area contributed by atoms with Crippen LogP contribution in [0.3, 0.4) is 0 Å². The molecule has 0 spiro atoms. The predicted octanol–water partition coefficient (Wildman–Crippen LogP) is -0.861. The first-order valence-electron chi connectivity index (χ1n) is 2.06. The molecule has 2 heteroatoms. The van der Waals surface area contributed by atoms with Crippen molar-refractivity contribution < 1.29 is 0 Å². The highest BCUT2D eigenvalue weighted by molar-refractivity contribution is 6.14. The maximum absolute atomic E-state index is 5.37. The Kier molecular flexibility index (Phi) is 0.481. The predicted molar refractivity (Wildman–Crippen MR) is 24.9 cm³/mol. The molecule has 1 nitrogen and oxygen atoms in total. The fourth-order valence-electron chi connectivity index (χ4n) is 0.351. The molecule has 1 rings (SSSR count). The van der Waals surface area contributed by atoms with Crippen molar-refractivity contribution in [2.24, 2.45) is 5.73 Å². The summed E-state index contributed by atoms with van der Waals surface area (Å²) in [5.74, 6) is 0.829. The minimum Gasteiger partial charge on any atom is -0.328 e. The molecule has 0 aromatic rings. The van der Waals surface area contributed by atoms with E-state index in [9.17, 15) is 0 Å². The maximum atomic E-state index is 5.37. The molecule has 0 radical (unpaired) electrons. The summed E-state index contributed by atoms with van der Waals surface area (Å²) in [5.41, 5.74) is 5.37. The Morgan fingerprint density at radius 3 is 2.00 bits per heavy atom. The molecule has 0 aromatic heterocycles. The molecule has 28 valence electrons. The topological polar surface area (TPSA) is 26.0 Å². The van der Waals surface area contributed by atoms with Crippen molar-refractivity contribution in [2.45, 2.75) is 18.3 Å². The van der Waals surface area contributed by atoms with Gasteiger partial charge in [-0.3, -0.25) is 0 Å². The Morgan fingerprint density at radius 2 is 2.00 bits per heavy atom. The first kappa shape index (κ1) is 3.22. The van der Waals surface area contributed by atoms with E-state index in [1.807, 2.05) is 0 Å². The van der Waals surface area contributed by atoms with Gasteiger partial charge in [0.1, 0.15) is 7.85 Å². The van der Waals surface area contributed by atoms with Crippen molar-refractivity contribution in [3.05, 3.63) is 0 Å². The van der Waals surface area contributed by atoms with E-state index in [-0.39, 0.29) is 0 Å². The van der Waals surface area contributed by atoms with Crippen molar-refractivity contribution in [3.63, 3.8) is 0 Å². The monoisotopic (exact) mass is 69.1 g/mol. The summed E-state index contributed by atoms with van der Waals surface area (Å²) in [6.07, 6.45) is 1.25. The Balaban J connectivity index is 2.20. The first-order chi connectivity index (χ1) is 2.30. The van der Waals surface area contributed by atoms with Crippen molar-refractivity contribution in [2.75, 3.05) is 0 Å². The SMILES string of the molecule is B[C@H]1C[C@@H]1N. The highest BCUT2D eigenvalue weighted by Gasteiger charge is 2.27. The van der Waals surface area contributed by atoms with E-state index in [4.69, 9.17) is 5.73 Å². The van der Waals surface area contributed by atoms with E-state index >= 15 is 0 Å². The van der Waals surface area contributed by atoms with Gasteiger partial charge in [0.05, 0.1) is 0 Å². The standard InChI is InChI=1S/C3H8BN/c4-2-1-3(2)5/h2-3H,1,4-5H2/t2-,3-/m0/s1. The summed E-state index contributed by atoms with van der Waals surface area (Å²) in [4.78, 5) is 0. The fourth-order valence-corrected chi connectivity index (χ4v) is 0.351. The van der Waals surface area contributed by atoms with Crippen molar-refractivity contribution >= 4 is 7.85 Å². The lowest BCUT2D eigenvalue weighted by molar-refractivity contribution is 1.07. The average molecular weight is 68.9 g/mol. The van der Waals surface area contributed by atoms with E-state index in [0.29, 0.717) is 6.04 Å². The highest BCUT2D eigenvalue weighted by Crippen LogP contribution is 2.29. The van der Waals surface area contributed by atoms with Crippen LogP contribution < -0.4 is 5.73 Å². The lowest BCUT2D eigenvalue weighted by Crippen LogP contribution is -1.98. The minimum atomic E-state index is 0.551. The van der Waals surface area contributed by atoms with Gasteiger partial charge in [-0.15, -0.1) is 0 Å². The van der Waals surface area contributed by atoms with Gasteiger partial charge in [0.2, 0.25) is 0 Å². The van der Waals surface area contributed by atoms with E-state index < -0.39 is 0 Å². The molecule has 1 fully saturated rings. The van der Waals surface area contributed by atoms with Crippen LogP contribution >= 0.6 is 0 Å². The zero-order valence-corrected chi connectivity index (χ0v) is 3.44. The quantitative estimate of drug-likeness (QED) is 0.368. The molecule has 0 heterocycles. The molecular weight excluding hydrogens is 60.9 g/mol. The molecule has 0 unspecified atom stereocenters. The van der Waals surface area contributed by atoms with Gasteiger partial charge < -0.3 is 5.73 Å². The summed E-state index contributed by atoms with van der Waals surface area (Å²) >= 11 is 0. The highest BCUT2D eigenvalue weighted by atomic mass is 14.7. The molecular formula is C3H8BN. The normalized spacial score (nSPS) is 49.0. The third-order valence-corrected chi connectivity index (χ3v) is 1.17. The fraction of sp³-hybridized carbons (Fsp3) is 1.00. The molecule has 0 bridgehead atoms. The van der Waals surface area contributed by atoms with E-state index in [0.717, 1.165) is 5.82 Å². The van der Waals surface area contributed by atoms with Gasteiger partial charge in [-0.1, -0.05) is 5.82 Å². The lowest BCUT2D eigenvalue weighted by Gasteiger charge is -1.68. The van der Waals surface area contributed by atoms with Crippen LogP contribution in [-0.4, -0.2) is 13.9 Å². The Morgan fingerprint density at radius 1 is 1.80 bits per heavy atom. The Labute approximate surface area is 33.0 Å². The van der Waals surface area contributed by atoms with Crippen molar-refractivity contribution in [3.8, 4) is 0 Å². The zero-order chi connectivity index (χ0) is 3.86. The van der Waals surface area contributed by atoms with Crippen LogP contribution in [0.1, 0.15) is 6.42 Å². The van der Waals surface area contributed by atoms with Crippen LogP contribution in [0.5, 0.6) is 0 Å². The summed E-state index contributed by atoms with van der Waals surface area (Å²) < 4.78 is 0. The molecule has 0 amide bonds. The Bertz CT molecular complexity index is 40.2. The number of rotatable bonds is 0. The third kappa shape index (κ3) is 0.455. The minimum absolute atomic E-state index is 0.551. The second-order valence-corrected chi connectivity index (χ2v) is 1.88. The summed E-state index contributed by atoms with van der Waals surface area (Å²) in [7, 11) is 2.17. The van der Waals surface area contributed by atoms with Crippen LogP contribution in [0.4, 0.5) is 0 Å². The first-order valence-corrected chi connectivity index (χ1v) is 2.06. The molecule has 1 aliphatic carbocycles. The van der Waals surface area contributed by atoms with Gasteiger partial charge in [0.25, 0.3) is 0 Å². The molecule has 2 N–H and O–H groups in total. The molecule has 1 aliphatic rings. The maximum Gasteiger partial charge on any atom is 0.107 e. The summed E-state index contributed by atoms with van der Waals surface area (Å²) in [6.45, 7) is 0. The molecule has 5 heavy (non-hydrogen) atoms. The van der Waals surface area contributed by atoms with Gasteiger partial charge in [-0.05, 0) is 12.5 Å². The molecule has 0 aliphatic heterocycles. The smallest absolute Gasteiger partial charge is 0.107 e. The van der Waals surface area contributed by atoms with Gasteiger partial charge in [-0.2, -0.15) is 0 Å². The number of nitrogens with two attached hydrogens (primary N) is 1. The second kappa shape index (κ2) is 0.746. The summed E-state index contributed by atoms with van der Waals surface area (Å²) in [5, 5.41) is 0. The van der Waals surface area contributed by atoms with Gasteiger partial charge in [0, 0.05) is 0 Å². The number of hydrogen-bond acceptors (Lipinski definition) is 1. The van der Waals surface area contributed by atoms with Crippen LogP contribution in [0.25, 0.3) is 0 Å². The zero-order valence-electron chi connectivity index (χ0n) is 3.44. The molecule has 0 saturated heterocycles. The molecule has 1 saturated carbocycles. The van der Waals surface area contributed by atoms with Gasteiger partial charge >= 0.3 is 0 Å². The lowest BCUT2D eigenvalue weighted by atomic mass is 10.0. The molecule has 2 atom stereocenters. The van der Waals surface area contributed by atoms with Crippen LogP contribution in [-0.2, 0) is 0 Å². The van der Waals surface area contributed by atoms with E-state index in [1.165, 1.54) is 6.42 Å². The van der Waals surface area contributed by atoms with Crippen LogP contribution in [0.2, 0.25) is 5.82 Å². The van der Waals surface area contributed by atoms with Crippen LogP contribution in [0, 0.1) is 0 Å². The van der Waals surface area contributed by atoms with Crippen LogP contribution in [0.15, 0.2) is 0 Å². The van der Waals surface area contributed by atoms with Gasteiger partial charge in [-0.25, -0.2) is 0 Å².